The first-order valence-corrected chi connectivity index (χ1v) is 12.7. The largest absolute Gasteiger partial charge is 0.458 e. The molecule has 3 aromatic carbocycles. The summed E-state index contributed by atoms with van der Waals surface area (Å²) in [7, 11) is 3.93. The van der Waals surface area contributed by atoms with Crippen molar-refractivity contribution in [2.75, 3.05) is 25.6 Å². The third-order valence-electron chi connectivity index (χ3n) is 5.82. The van der Waals surface area contributed by atoms with Gasteiger partial charge in [0.25, 0.3) is 0 Å². The van der Waals surface area contributed by atoms with Crippen molar-refractivity contribution < 1.29 is 14.3 Å². The van der Waals surface area contributed by atoms with Gasteiger partial charge < -0.3 is 14.4 Å². The van der Waals surface area contributed by atoms with Crippen molar-refractivity contribution in [1.82, 2.24) is 4.98 Å². The van der Waals surface area contributed by atoms with Crippen molar-refractivity contribution in [3.05, 3.63) is 113 Å². The van der Waals surface area contributed by atoms with E-state index in [1.807, 2.05) is 79.7 Å². The lowest BCUT2D eigenvalue weighted by atomic mass is 9.98. The van der Waals surface area contributed by atoms with Crippen molar-refractivity contribution in [3.63, 3.8) is 0 Å². The van der Waals surface area contributed by atoms with Crippen LogP contribution in [0.15, 0.2) is 102 Å². The fourth-order valence-electron chi connectivity index (χ4n) is 3.86. The second kappa shape index (κ2) is 12.2. The number of carbonyl (C=O) groups excluding carboxylic acids is 1. The van der Waals surface area contributed by atoms with Gasteiger partial charge in [0.1, 0.15) is 18.2 Å². The summed E-state index contributed by atoms with van der Waals surface area (Å²) in [4.78, 5) is 19.7. The van der Waals surface area contributed by atoms with Crippen LogP contribution in [-0.4, -0.2) is 31.7 Å². The summed E-state index contributed by atoms with van der Waals surface area (Å²) >= 11 is 3.47. The van der Waals surface area contributed by atoms with Gasteiger partial charge in [0.2, 0.25) is 12.0 Å². The lowest BCUT2D eigenvalue weighted by Gasteiger charge is -2.20. The van der Waals surface area contributed by atoms with E-state index in [-0.39, 0.29) is 18.1 Å². The van der Waals surface area contributed by atoms with Crippen LogP contribution in [-0.2, 0) is 9.53 Å². The van der Waals surface area contributed by atoms with Crippen molar-refractivity contribution in [2.45, 2.75) is 6.10 Å². The van der Waals surface area contributed by atoms with Crippen LogP contribution in [0.3, 0.4) is 0 Å². The number of nitrogens with zero attached hydrogens (tertiary/aromatic N) is 3. The number of halogens is 1. The maximum Gasteiger partial charge on any atom is 0.352 e. The molecule has 0 aliphatic heterocycles. The van der Waals surface area contributed by atoms with Crippen LogP contribution >= 0.6 is 15.9 Å². The van der Waals surface area contributed by atoms with Gasteiger partial charge in [-0.1, -0.05) is 83.2 Å². The van der Waals surface area contributed by atoms with Crippen LogP contribution < -0.4 is 9.64 Å². The maximum atomic E-state index is 13.0. The Morgan fingerprint density at radius 2 is 1.71 bits per heavy atom. The van der Waals surface area contributed by atoms with Gasteiger partial charge in [-0.15, -0.1) is 0 Å². The predicted molar refractivity (Wildman–Crippen MR) is 153 cm³/mol. The van der Waals surface area contributed by atoms with Gasteiger partial charge in [-0.2, -0.15) is 5.26 Å². The monoisotopic (exact) mass is 567 g/mol. The number of hydrogen-bond acceptors (Lipinski definition) is 6. The van der Waals surface area contributed by atoms with Crippen LogP contribution in [0, 0.1) is 11.3 Å². The van der Waals surface area contributed by atoms with Crippen molar-refractivity contribution in [2.24, 2.45) is 0 Å². The van der Waals surface area contributed by atoms with E-state index in [0.29, 0.717) is 16.8 Å². The summed E-state index contributed by atoms with van der Waals surface area (Å²) in [6.45, 7) is 3.64. The number of ether oxygens (including phenoxy) is 2. The molecule has 0 saturated heterocycles. The SMILES string of the molecule is C=CCOC(=O)C(Oc1nc(-c2ccc(Br)cc2)cc(-c2ccc(N(C)C)cc2)c1C#N)c1ccccc1. The predicted octanol–water partition coefficient (Wildman–Crippen LogP) is 6.97. The number of rotatable bonds is 9. The first kappa shape index (κ1) is 26.6. The van der Waals surface area contributed by atoms with E-state index >= 15 is 0 Å². The zero-order valence-electron chi connectivity index (χ0n) is 21.1. The first-order chi connectivity index (χ1) is 18.4. The quantitative estimate of drug-likeness (QED) is 0.161. The third kappa shape index (κ3) is 6.10. The van der Waals surface area contributed by atoms with E-state index in [1.54, 1.807) is 24.3 Å². The molecule has 0 aliphatic rings. The maximum absolute atomic E-state index is 13.0. The molecular weight excluding hydrogens is 542 g/mol. The smallest absolute Gasteiger partial charge is 0.352 e. The second-order valence-corrected chi connectivity index (χ2v) is 9.54. The Bertz CT molecular complexity index is 1460. The lowest BCUT2D eigenvalue weighted by Crippen LogP contribution is -2.22. The number of hydrogen-bond donors (Lipinski definition) is 0. The van der Waals surface area contributed by atoms with E-state index in [0.717, 1.165) is 21.3 Å². The number of nitriles is 1. The molecule has 0 saturated carbocycles. The summed E-state index contributed by atoms with van der Waals surface area (Å²) in [6.07, 6.45) is 0.364. The van der Waals surface area contributed by atoms with Gasteiger partial charge in [0, 0.05) is 40.9 Å². The molecule has 0 amide bonds. The molecule has 1 unspecified atom stereocenters. The second-order valence-electron chi connectivity index (χ2n) is 8.62. The molecule has 1 atom stereocenters. The van der Waals surface area contributed by atoms with Gasteiger partial charge in [-0.05, 0) is 35.9 Å². The van der Waals surface area contributed by atoms with Crippen molar-refractivity contribution in [1.29, 1.82) is 5.26 Å². The van der Waals surface area contributed by atoms with E-state index < -0.39 is 12.1 Å². The van der Waals surface area contributed by atoms with Crippen LogP contribution in [0.2, 0.25) is 0 Å². The van der Waals surface area contributed by atoms with E-state index in [9.17, 15) is 10.1 Å². The Morgan fingerprint density at radius 1 is 1.05 bits per heavy atom. The topological polar surface area (TPSA) is 75.5 Å². The molecule has 4 rings (SSSR count). The van der Waals surface area contributed by atoms with Gasteiger partial charge >= 0.3 is 5.97 Å². The average Bonchev–Trinajstić information content (AvgIpc) is 2.95. The summed E-state index contributed by atoms with van der Waals surface area (Å²) < 4.78 is 12.5. The zero-order valence-corrected chi connectivity index (χ0v) is 22.7. The molecule has 190 valence electrons. The number of esters is 1. The highest BCUT2D eigenvalue weighted by Gasteiger charge is 2.27. The van der Waals surface area contributed by atoms with Crippen LogP contribution in [0.25, 0.3) is 22.4 Å². The van der Waals surface area contributed by atoms with Crippen LogP contribution in [0.1, 0.15) is 17.2 Å². The summed E-state index contributed by atoms with van der Waals surface area (Å²) in [5, 5.41) is 10.3. The molecule has 4 aromatic rings. The summed E-state index contributed by atoms with van der Waals surface area (Å²) in [5.74, 6) is -0.559. The highest BCUT2D eigenvalue weighted by atomic mass is 79.9. The summed E-state index contributed by atoms with van der Waals surface area (Å²) in [6, 6.07) is 28.7. The minimum atomic E-state index is -1.13. The molecule has 6 nitrogen and oxygen atoms in total. The molecular formula is C31H26BrN3O3. The number of benzene rings is 3. The Morgan fingerprint density at radius 3 is 2.32 bits per heavy atom. The fourth-order valence-corrected chi connectivity index (χ4v) is 4.12. The number of aromatic nitrogens is 1. The molecule has 38 heavy (non-hydrogen) atoms. The van der Waals surface area contributed by atoms with Crippen LogP contribution in [0.5, 0.6) is 5.88 Å². The number of pyridine rings is 1. The van der Waals surface area contributed by atoms with Crippen molar-refractivity contribution >= 4 is 27.6 Å². The van der Waals surface area contributed by atoms with Gasteiger partial charge in [-0.25, -0.2) is 9.78 Å². The molecule has 1 heterocycles. The van der Waals surface area contributed by atoms with Gasteiger partial charge in [0.05, 0.1) is 5.69 Å². The Balaban J connectivity index is 1.88. The fraction of sp³-hybridized carbons (Fsp3) is 0.129. The highest BCUT2D eigenvalue weighted by Crippen LogP contribution is 2.36. The Labute approximate surface area is 230 Å². The van der Waals surface area contributed by atoms with Crippen molar-refractivity contribution in [3.8, 4) is 34.3 Å². The average molecular weight is 568 g/mol. The Hall–Kier alpha value is -4.41. The minimum absolute atomic E-state index is 0.0342. The number of carbonyl (C=O) groups is 1. The molecule has 0 spiro atoms. The Kier molecular flexibility index (Phi) is 8.57. The van der Waals surface area contributed by atoms with E-state index in [2.05, 4.69) is 28.6 Å². The molecule has 0 aliphatic carbocycles. The van der Waals surface area contributed by atoms with Gasteiger partial charge in [0.15, 0.2) is 0 Å². The normalized spacial score (nSPS) is 11.2. The van der Waals surface area contributed by atoms with E-state index in [4.69, 9.17) is 14.5 Å². The van der Waals surface area contributed by atoms with Crippen LogP contribution in [0.4, 0.5) is 5.69 Å². The molecule has 0 N–H and O–H groups in total. The molecule has 0 fully saturated rings. The molecule has 0 radical (unpaired) electrons. The molecule has 0 bridgehead atoms. The molecule has 1 aromatic heterocycles. The summed E-state index contributed by atoms with van der Waals surface area (Å²) in [5.41, 5.74) is 4.73. The van der Waals surface area contributed by atoms with Gasteiger partial charge in [-0.3, -0.25) is 0 Å². The molecule has 7 heteroatoms. The first-order valence-electron chi connectivity index (χ1n) is 11.9. The third-order valence-corrected chi connectivity index (χ3v) is 6.35. The standard InChI is InChI=1S/C31H26BrN3O3/c1-4-18-37-31(36)29(23-8-6-5-7-9-23)38-30-27(20-33)26(21-12-16-25(17-13-21)35(2)3)19-28(34-30)22-10-14-24(32)15-11-22/h4-17,19,29H,1,18H2,2-3H3. The van der Waals surface area contributed by atoms with E-state index in [1.165, 1.54) is 6.08 Å². The minimum Gasteiger partial charge on any atom is -0.458 e. The zero-order chi connectivity index (χ0) is 27.1. The lowest BCUT2D eigenvalue weighted by molar-refractivity contribution is -0.151. The number of anilines is 1. The highest BCUT2D eigenvalue weighted by molar-refractivity contribution is 9.10.